The molecule has 1 amide bonds. The summed E-state index contributed by atoms with van der Waals surface area (Å²) >= 11 is 6.12. The molecule has 0 aliphatic heterocycles. The van der Waals surface area contributed by atoms with E-state index < -0.39 is 0 Å². The quantitative estimate of drug-likeness (QED) is 0.581. The molecule has 0 aliphatic carbocycles. The number of aromatic nitrogens is 1. The SMILES string of the molecule is COc1ccc(CN(C)C(=O)c2cc(Cl)nc3ccccc23)c(OC)c1OC. The zero-order valence-electron chi connectivity index (χ0n) is 16.2. The predicted octanol–water partition coefficient (Wildman–Crippen LogP) is 4.19. The van der Waals surface area contributed by atoms with Gasteiger partial charge in [0.05, 0.1) is 32.4 Å². The molecule has 28 heavy (non-hydrogen) atoms. The third-order valence-electron chi connectivity index (χ3n) is 4.46. The number of carbonyl (C=O) groups excluding carboxylic acids is 1. The molecule has 0 atom stereocenters. The van der Waals surface area contributed by atoms with Gasteiger partial charge in [-0.15, -0.1) is 0 Å². The van der Waals surface area contributed by atoms with Crippen LogP contribution in [0.15, 0.2) is 42.5 Å². The molecule has 1 aromatic heterocycles. The molecule has 7 heteroatoms. The molecule has 0 saturated carbocycles. The first-order chi connectivity index (χ1) is 13.5. The Morgan fingerprint density at radius 1 is 1.04 bits per heavy atom. The number of benzene rings is 2. The molecule has 0 radical (unpaired) electrons. The highest BCUT2D eigenvalue weighted by molar-refractivity contribution is 6.30. The van der Waals surface area contributed by atoms with E-state index in [1.54, 1.807) is 45.4 Å². The van der Waals surface area contributed by atoms with Gasteiger partial charge < -0.3 is 19.1 Å². The fourth-order valence-corrected chi connectivity index (χ4v) is 3.34. The second-order valence-electron chi connectivity index (χ2n) is 6.16. The largest absolute Gasteiger partial charge is 0.493 e. The molecular formula is C21H21ClN2O4. The van der Waals surface area contributed by atoms with E-state index >= 15 is 0 Å². The maximum atomic E-state index is 13.1. The molecule has 0 unspecified atom stereocenters. The molecule has 3 aromatic rings. The smallest absolute Gasteiger partial charge is 0.254 e. The fraction of sp³-hybridized carbons (Fsp3) is 0.238. The van der Waals surface area contributed by atoms with Crippen molar-refractivity contribution < 1.29 is 19.0 Å². The summed E-state index contributed by atoms with van der Waals surface area (Å²) in [6, 6.07) is 12.6. The molecule has 0 bridgehead atoms. The number of ether oxygens (including phenoxy) is 3. The zero-order chi connectivity index (χ0) is 20.3. The molecule has 3 rings (SSSR count). The minimum absolute atomic E-state index is 0.169. The van der Waals surface area contributed by atoms with Crippen molar-refractivity contribution in [2.45, 2.75) is 6.54 Å². The van der Waals surface area contributed by atoms with Crippen LogP contribution in [0.1, 0.15) is 15.9 Å². The van der Waals surface area contributed by atoms with Crippen LogP contribution < -0.4 is 14.2 Å². The Morgan fingerprint density at radius 3 is 2.43 bits per heavy atom. The first-order valence-corrected chi connectivity index (χ1v) is 8.96. The number of nitrogens with zero attached hydrogens (tertiary/aromatic N) is 2. The van der Waals surface area contributed by atoms with E-state index in [1.807, 2.05) is 30.3 Å². The van der Waals surface area contributed by atoms with Gasteiger partial charge >= 0.3 is 0 Å². The van der Waals surface area contributed by atoms with E-state index in [2.05, 4.69) is 4.98 Å². The number of halogens is 1. The zero-order valence-corrected chi connectivity index (χ0v) is 16.9. The summed E-state index contributed by atoms with van der Waals surface area (Å²) < 4.78 is 16.2. The number of para-hydroxylation sites is 1. The van der Waals surface area contributed by atoms with Crippen molar-refractivity contribution in [2.75, 3.05) is 28.4 Å². The summed E-state index contributed by atoms with van der Waals surface area (Å²) in [5.74, 6) is 1.40. The number of amides is 1. The Balaban J connectivity index is 1.96. The van der Waals surface area contributed by atoms with Crippen molar-refractivity contribution >= 4 is 28.4 Å². The number of pyridine rings is 1. The first-order valence-electron chi connectivity index (χ1n) is 8.58. The van der Waals surface area contributed by atoms with Gasteiger partial charge in [0, 0.05) is 24.5 Å². The van der Waals surface area contributed by atoms with Gasteiger partial charge in [-0.2, -0.15) is 0 Å². The van der Waals surface area contributed by atoms with Crippen molar-refractivity contribution in [1.82, 2.24) is 9.88 Å². The minimum Gasteiger partial charge on any atom is -0.493 e. The van der Waals surface area contributed by atoms with Gasteiger partial charge in [-0.05, 0) is 24.3 Å². The molecule has 0 saturated heterocycles. The van der Waals surface area contributed by atoms with Crippen LogP contribution in [0, 0.1) is 0 Å². The van der Waals surface area contributed by atoms with Crippen LogP contribution in [0.25, 0.3) is 10.9 Å². The fourth-order valence-electron chi connectivity index (χ4n) is 3.14. The Morgan fingerprint density at radius 2 is 1.75 bits per heavy atom. The van der Waals surface area contributed by atoms with E-state index in [4.69, 9.17) is 25.8 Å². The number of carbonyl (C=O) groups is 1. The second kappa shape index (κ2) is 8.35. The van der Waals surface area contributed by atoms with Crippen LogP contribution in [-0.4, -0.2) is 44.2 Å². The van der Waals surface area contributed by atoms with Crippen molar-refractivity contribution in [1.29, 1.82) is 0 Å². The lowest BCUT2D eigenvalue weighted by Crippen LogP contribution is -2.26. The standard InChI is InChI=1S/C21H21ClN2O4/c1-24(12-13-9-10-17(26-2)20(28-4)19(13)27-3)21(25)15-11-18(22)23-16-8-6-5-7-14(15)16/h5-11H,12H2,1-4H3. The maximum Gasteiger partial charge on any atom is 0.254 e. The van der Waals surface area contributed by atoms with Gasteiger partial charge in [0.15, 0.2) is 11.5 Å². The van der Waals surface area contributed by atoms with Crippen LogP contribution in [0.5, 0.6) is 17.2 Å². The van der Waals surface area contributed by atoms with Gasteiger partial charge in [-0.3, -0.25) is 4.79 Å². The van der Waals surface area contributed by atoms with Crippen LogP contribution in [0.4, 0.5) is 0 Å². The number of fused-ring (bicyclic) bond motifs is 1. The summed E-state index contributed by atoms with van der Waals surface area (Å²) in [6.45, 7) is 0.316. The molecule has 6 nitrogen and oxygen atoms in total. The Hall–Kier alpha value is -2.99. The maximum absolute atomic E-state index is 13.1. The number of hydrogen-bond acceptors (Lipinski definition) is 5. The average molecular weight is 401 g/mol. The van der Waals surface area contributed by atoms with Crippen molar-refractivity contribution in [2.24, 2.45) is 0 Å². The van der Waals surface area contributed by atoms with E-state index in [1.165, 1.54) is 0 Å². The first kappa shape index (κ1) is 19.8. The van der Waals surface area contributed by atoms with Crippen LogP contribution in [0.3, 0.4) is 0 Å². The van der Waals surface area contributed by atoms with Crippen molar-refractivity contribution in [3.8, 4) is 17.2 Å². The number of methoxy groups -OCH3 is 3. The van der Waals surface area contributed by atoms with Crippen molar-refractivity contribution in [3.63, 3.8) is 0 Å². The third kappa shape index (κ3) is 3.68. The normalized spacial score (nSPS) is 10.6. The molecular weight excluding hydrogens is 380 g/mol. The van der Waals surface area contributed by atoms with Crippen molar-refractivity contribution in [3.05, 3.63) is 58.7 Å². The molecule has 0 N–H and O–H groups in total. The van der Waals surface area contributed by atoms with E-state index in [0.717, 1.165) is 10.9 Å². The lowest BCUT2D eigenvalue weighted by Gasteiger charge is -2.21. The van der Waals surface area contributed by atoms with Gasteiger partial charge in [0.25, 0.3) is 5.91 Å². The molecule has 0 fully saturated rings. The Labute approximate surface area is 168 Å². The topological polar surface area (TPSA) is 60.9 Å². The monoisotopic (exact) mass is 400 g/mol. The van der Waals surface area contributed by atoms with Crippen LogP contribution in [-0.2, 0) is 6.54 Å². The summed E-state index contributed by atoms with van der Waals surface area (Å²) in [5, 5.41) is 1.03. The van der Waals surface area contributed by atoms with Gasteiger partial charge in [0.1, 0.15) is 5.15 Å². The highest BCUT2D eigenvalue weighted by Gasteiger charge is 2.21. The molecule has 0 aliphatic rings. The summed E-state index contributed by atoms with van der Waals surface area (Å²) in [4.78, 5) is 19.0. The summed E-state index contributed by atoms with van der Waals surface area (Å²) in [7, 11) is 6.38. The lowest BCUT2D eigenvalue weighted by molar-refractivity contribution is 0.0786. The third-order valence-corrected chi connectivity index (χ3v) is 4.65. The lowest BCUT2D eigenvalue weighted by atomic mass is 10.1. The number of rotatable bonds is 6. The summed E-state index contributed by atoms with van der Waals surface area (Å²) in [5.41, 5.74) is 1.97. The second-order valence-corrected chi connectivity index (χ2v) is 6.55. The molecule has 2 aromatic carbocycles. The minimum atomic E-state index is -0.169. The number of hydrogen-bond donors (Lipinski definition) is 0. The molecule has 0 spiro atoms. The average Bonchev–Trinajstić information content (AvgIpc) is 2.71. The van der Waals surface area contributed by atoms with Crippen LogP contribution >= 0.6 is 11.6 Å². The van der Waals surface area contributed by atoms with Gasteiger partial charge in [-0.25, -0.2) is 4.98 Å². The molecule has 1 heterocycles. The highest BCUT2D eigenvalue weighted by Crippen LogP contribution is 2.40. The van der Waals surface area contributed by atoms with E-state index in [-0.39, 0.29) is 11.1 Å². The van der Waals surface area contributed by atoms with Crippen LogP contribution in [0.2, 0.25) is 5.15 Å². The Kier molecular flexibility index (Phi) is 5.90. The van der Waals surface area contributed by atoms with E-state index in [9.17, 15) is 4.79 Å². The predicted molar refractivity (Wildman–Crippen MR) is 109 cm³/mol. The van der Waals surface area contributed by atoms with Gasteiger partial charge in [-0.1, -0.05) is 29.8 Å². The molecule has 146 valence electrons. The summed E-state index contributed by atoms with van der Waals surface area (Å²) in [6.07, 6.45) is 0. The van der Waals surface area contributed by atoms with Gasteiger partial charge in [0.2, 0.25) is 5.75 Å². The Bertz CT molecular complexity index is 1020. The highest BCUT2D eigenvalue weighted by atomic mass is 35.5. The van der Waals surface area contributed by atoms with E-state index in [0.29, 0.717) is 34.9 Å².